The molecule has 0 spiro atoms. The summed E-state index contributed by atoms with van der Waals surface area (Å²) in [6, 6.07) is 16.6. The second-order valence-corrected chi connectivity index (χ2v) is 10.2. The van der Waals surface area contributed by atoms with Crippen LogP contribution in [0.1, 0.15) is 80.0 Å². The minimum absolute atomic E-state index is 0.100. The number of alkyl halides is 1. The van der Waals surface area contributed by atoms with Gasteiger partial charge in [0.25, 0.3) is 0 Å². The summed E-state index contributed by atoms with van der Waals surface area (Å²) < 4.78 is 19.2. The van der Waals surface area contributed by atoms with Crippen molar-refractivity contribution >= 4 is 11.6 Å². The molecule has 4 rings (SSSR count). The van der Waals surface area contributed by atoms with E-state index in [1.807, 2.05) is 17.0 Å². The van der Waals surface area contributed by atoms with Gasteiger partial charge in [-0.15, -0.1) is 0 Å². The summed E-state index contributed by atoms with van der Waals surface area (Å²) in [4.78, 5) is 14.7. The number of hydrogen-bond acceptors (Lipinski definition) is 4. The standard InChI is InChI=1S/C30H38FN3O2/c1-2-3-22-4-6-23(7-5-22)24-14-16-34(17-15-24)30(35)21-36-29-12-10-27(11-13-29)33-28-9-8-25(20-32)26(18-28)19-31/h4-9,18,24,27,29,33H,2-3,10-17,19,21H2,1H3. The first-order valence-corrected chi connectivity index (χ1v) is 13.4. The zero-order chi connectivity index (χ0) is 25.3. The van der Waals surface area contributed by atoms with Gasteiger partial charge in [0.05, 0.1) is 17.7 Å². The molecule has 1 aliphatic heterocycles. The lowest BCUT2D eigenvalue weighted by Crippen LogP contribution is -2.41. The summed E-state index contributed by atoms with van der Waals surface area (Å²) in [5.74, 6) is 0.633. The Morgan fingerprint density at radius 3 is 2.44 bits per heavy atom. The van der Waals surface area contributed by atoms with Gasteiger partial charge in [0.2, 0.25) is 5.91 Å². The Morgan fingerprint density at radius 2 is 1.81 bits per heavy atom. The molecule has 2 aromatic rings. The quantitative estimate of drug-likeness (QED) is 0.459. The van der Waals surface area contributed by atoms with E-state index in [1.54, 1.807) is 12.1 Å². The van der Waals surface area contributed by atoms with Crippen LogP contribution in [0.5, 0.6) is 0 Å². The van der Waals surface area contributed by atoms with E-state index in [0.717, 1.165) is 63.7 Å². The van der Waals surface area contributed by atoms with Crippen LogP contribution >= 0.6 is 0 Å². The van der Waals surface area contributed by atoms with E-state index >= 15 is 0 Å². The van der Waals surface area contributed by atoms with Gasteiger partial charge < -0.3 is 15.0 Å². The van der Waals surface area contributed by atoms with Crippen molar-refractivity contribution in [3.63, 3.8) is 0 Å². The Morgan fingerprint density at radius 1 is 1.08 bits per heavy atom. The van der Waals surface area contributed by atoms with E-state index < -0.39 is 6.67 Å². The van der Waals surface area contributed by atoms with Gasteiger partial charge in [-0.2, -0.15) is 5.26 Å². The van der Waals surface area contributed by atoms with Crippen LogP contribution in [-0.2, 0) is 22.6 Å². The number of ether oxygens (including phenoxy) is 1. The second-order valence-electron chi connectivity index (χ2n) is 10.2. The molecule has 1 N–H and O–H groups in total. The van der Waals surface area contributed by atoms with E-state index in [-0.39, 0.29) is 24.7 Å². The predicted octanol–water partition coefficient (Wildman–Crippen LogP) is 6.13. The van der Waals surface area contributed by atoms with E-state index in [1.165, 1.54) is 17.5 Å². The maximum atomic E-state index is 13.2. The molecule has 0 aromatic heterocycles. The molecule has 0 atom stereocenters. The average molecular weight is 492 g/mol. The largest absolute Gasteiger partial charge is 0.382 e. The molecular weight excluding hydrogens is 453 g/mol. The number of nitrogens with one attached hydrogen (secondary N) is 1. The highest BCUT2D eigenvalue weighted by molar-refractivity contribution is 5.77. The van der Waals surface area contributed by atoms with Crippen LogP contribution in [0, 0.1) is 11.3 Å². The van der Waals surface area contributed by atoms with Gasteiger partial charge in [0.15, 0.2) is 0 Å². The van der Waals surface area contributed by atoms with Crippen LogP contribution in [0.25, 0.3) is 0 Å². The molecule has 1 amide bonds. The summed E-state index contributed by atoms with van der Waals surface area (Å²) in [7, 11) is 0. The number of hydrogen-bond donors (Lipinski definition) is 1. The third kappa shape index (κ3) is 6.85. The Kier molecular flexibility index (Phi) is 9.35. The lowest BCUT2D eigenvalue weighted by Gasteiger charge is -2.33. The van der Waals surface area contributed by atoms with E-state index in [0.29, 0.717) is 17.0 Å². The normalized spacial score (nSPS) is 20.6. The van der Waals surface area contributed by atoms with Crippen LogP contribution in [0.3, 0.4) is 0 Å². The van der Waals surface area contributed by atoms with Gasteiger partial charge in [0, 0.05) is 30.4 Å². The number of carbonyl (C=O) groups excluding carboxylic acids is 1. The predicted molar refractivity (Wildman–Crippen MR) is 141 cm³/mol. The number of nitriles is 1. The lowest BCUT2D eigenvalue weighted by molar-refractivity contribution is -0.139. The summed E-state index contributed by atoms with van der Waals surface area (Å²) in [6.07, 6.45) is 8.09. The topological polar surface area (TPSA) is 65.4 Å². The molecule has 1 saturated heterocycles. The number of halogens is 1. The van der Waals surface area contributed by atoms with Gasteiger partial charge in [-0.25, -0.2) is 4.39 Å². The zero-order valence-electron chi connectivity index (χ0n) is 21.3. The van der Waals surface area contributed by atoms with Gasteiger partial charge in [-0.3, -0.25) is 4.79 Å². The van der Waals surface area contributed by atoms with Gasteiger partial charge in [0.1, 0.15) is 13.3 Å². The molecule has 6 heteroatoms. The summed E-state index contributed by atoms with van der Waals surface area (Å²) in [5, 5.41) is 12.5. The molecular formula is C30H38FN3O2. The molecule has 192 valence electrons. The average Bonchev–Trinajstić information content (AvgIpc) is 2.93. The van der Waals surface area contributed by atoms with Crippen LogP contribution in [0.15, 0.2) is 42.5 Å². The molecule has 1 aliphatic carbocycles. The highest BCUT2D eigenvalue weighted by Gasteiger charge is 2.26. The van der Waals surface area contributed by atoms with Crippen molar-refractivity contribution in [3.8, 4) is 6.07 Å². The molecule has 0 radical (unpaired) electrons. The van der Waals surface area contributed by atoms with Crippen LogP contribution in [-0.4, -0.2) is 42.6 Å². The van der Waals surface area contributed by atoms with Crippen LogP contribution < -0.4 is 5.32 Å². The maximum Gasteiger partial charge on any atom is 0.248 e. The Hall–Kier alpha value is -2.91. The smallest absolute Gasteiger partial charge is 0.248 e. The lowest BCUT2D eigenvalue weighted by atomic mass is 9.88. The van der Waals surface area contributed by atoms with E-state index in [9.17, 15) is 9.18 Å². The van der Waals surface area contributed by atoms with Gasteiger partial charge >= 0.3 is 0 Å². The molecule has 36 heavy (non-hydrogen) atoms. The minimum Gasteiger partial charge on any atom is -0.382 e. The maximum absolute atomic E-state index is 13.2. The first-order chi connectivity index (χ1) is 17.6. The van der Waals surface area contributed by atoms with Crippen molar-refractivity contribution in [2.45, 2.75) is 83.0 Å². The first-order valence-electron chi connectivity index (χ1n) is 13.4. The fourth-order valence-electron chi connectivity index (χ4n) is 5.50. The number of aryl methyl sites for hydroxylation is 1. The summed E-state index contributed by atoms with van der Waals surface area (Å²) >= 11 is 0. The molecule has 5 nitrogen and oxygen atoms in total. The van der Waals surface area contributed by atoms with Crippen LogP contribution in [0.4, 0.5) is 10.1 Å². The number of anilines is 1. The number of likely N-dealkylation sites (tertiary alicyclic amines) is 1. The number of amides is 1. The second kappa shape index (κ2) is 12.9. The molecule has 0 unspecified atom stereocenters. The Bertz CT molecular complexity index is 1030. The molecule has 1 heterocycles. The van der Waals surface area contributed by atoms with Crippen molar-refractivity contribution in [2.24, 2.45) is 0 Å². The molecule has 2 fully saturated rings. The third-order valence-corrected chi connectivity index (χ3v) is 7.69. The van der Waals surface area contributed by atoms with Crippen LogP contribution in [0.2, 0.25) is 0 Å². The number of piperidine rings is 1. The zero-order valence-corrected chi connectivity index (χ0v) is 21.3. The minimum atomic E-state index is -0.642. The monoisotopic (exact) mass is 491 g/mol. The van der Waals surface area contributed by atoms with Gasteiger partial charge in [-0.05, 0) is 80.2 Å². The van der Waals surface area contributed by atoms with E-state index in [4.69, 9.17) is 10.00 Å². The SMILES string of the molecule is CCCc1ccc(C2CCN(C(=O)COC3CCC(Nc4ccc(C#N)c(CF)c4)CC3)CC2)cc1. The van der Waals surface area contributed by atoms with E-state index in [2.05, 4.69) is 36.5 Å². The highest BCUT2D eigenvalue weighted by atomic mass is 19.1. The Labute approximate surface area is 214 Å². The van der Waals surface area contributed by atoms with Crippen molar-refractivity contribution in [1.29, 1.82) is 5.26 Å². The number of rotatable bonds is 9. The molecule has 1 saturated carbocycles. The first kappa shape index (κ1) is 26.2. The summed E-state index contributed by atoms with van der Waals surface area (Å²) in [5.41, 5.74) is 4.45. The van der Waals surface area contributed by atoms with Crippen molar-refractivity contribution in [2.75, 3.05) is 25.0 Å². The molecule has 2 aliphatic rings. The summed E-state index contributed by atoms with van der Waals surface area (Å²) in [6.45, 7) is 3.32. The number of benzene rings is 2. The number of nitrogens with zero attached hydrogens (tertiary/aromatic N) is 2. The van der Waals surface area contributed by atoms with Crippen molar-refractivity contribution < 1.29 is 13.9 Å². The van der Waals surface area contributed by atoms with Crippen molar-refractivity contribution in [3.05, 3.63) is 64.7 Å². The van der Waals surface area contributed by atoms with Gasteiger partial charge in [-0.1, -0.05) is 37.6 Å². The highest BCUT2D eigenvalue weighted by Crippen LogP contribution is 2.29. The number of carbonyl (C=O) groups is 1. The Balaban J connectivity index is 1.15. The fraction of sp³-hybridized carbons (Fsp3) is 0.533. The third-order valence-electron chi connectivity index (χ3n) is 7.69. The van der Waals surface area contributed by atoms with Crippen molar-refractivity contribution in [1.82, 2.24) is 4.90 Å². The molecule has 2 aromatic carbocycles. The molecule has 0 bridgehead atoms. The fourth-order valence-corrected chi connectivity index (χ4v) is 5.50.